The molecule has 0 fully saturated rings. The minimum absolute atomic E-state index is 0.127. The lowest BCUT2D eigenvalue weighted by atomic mass is 10.1. The summed E-state index contributed by atoms with van der Waals surface area (Å²) in [5.74, 6) is 0. The predicted octanol–water partition coefficient (Wildman–Crippen LogP) is 2.54. The summed E-state index contributed by atoms with van der Waals surface area (Å²) in [6.45, 7) is 2.15. The summed E-state index contributed by atoms with van der Waals surface area (Å²) >= 11 is 0. The molecule has 0 aliphatic rings. The zero-order chi connectivity index (χ0) is 19.9. The van der Waals surface area contributed by atoms with Gasteiger partial charge < -0.3 is 19.7 Å². The summed E-state index contributed by atoms with van der Waals surface area (Å²) in [5, 5.41) is 14.4. The Balaban J connectivity index is 0.000000465. The van der Waals surface area contributed by atoms with Gasteiger partial charge in [0, 0.05) is 23.3 Å². The van der Waals surface area contributed by atoms with Gasteiger partial charge in [-0.05, 0) is 12.5 Å². The molecular weight excluding hydrogens is 371 g/mol. The molecule has 144 valence electrons. The van der Waals surface area contributed by atoms with Crippen LogP contribution >= 0.6 is 7.82 Å². The number of unbranched alkanes of at least 4 members (excludes halogenated alkanes) is 1. The Morgan fingerprint density at radius 1 is 1.37 bits per heavy atom. The van der Waals surface area contributed by atoms with Crippen molar-refractivity contribution in [1.82, 2.24) is 24.7 Å². The summed E-state index contributed by atoms with van der Waals surface area (Å²) in [7, 11) is -4.64. The van der Waals surface area contributed by atoms with Gasteiger partial charge in [0.2, 0.25) is 0 Å². The van der Waals surface area contributed by atoms with Gasteiger partial charge in [0.15, 0.2) is 0 Å². The highest BCUT2D eigenvalue weighted by Gasteiger charge is 2.14. The summed E-state index contributed by atoms with van der Waals surface area (Å²) in [6.07, 6.45) is 10.8. The van der Waals surface area contributed by atoms with E-state index in [9.17, 15) is 0 Å². The molecule has 0 unspecified atom stereocenters. The van der Waals surface area contributed by atoms with E-state index in [1.165, 1.54) is 0 Å². The molecule has 4 N–H and O–H groups in total. The van der Waals surface area contributed by atoms with Crippen molar-refractivity contribution in [3.63, 3.8) is 0 Å². The van der Waals surface area contributed by atoms with Crippen LogP contribution in [0, 0.1) is 11.3 Å². The Labute approximate surface area is 155 Å². The molecule has 0 saturated heterocycles. The SMILES string of the molecule is CCCC[C@@H](CC#N)n1cc(-c2ncnc3[nH]ccc23)cn1.O=P(O)(O)O. The fraction of sp³-hybridized carbons (Fsp3) is 0.375. The molecule has 3 rings (SSSR count). The number of fused-ring (bicyclic) bond motifs is 1. The molecule has 0 saturated carbocycles. The quantitative estimate of drug-likeness (QED) is 0.465. The Hall–Kier alpha value is -2.57. The van der Waals surface area contributed by atoms with E-state index in [-0.39, 0.29) is 6.04 Å². The van der Waals surface area contributed by atoms with E-state index in [1.807, 2.05) is 29.3 Å². The van der Waals surface area contributed by atoms with Crippen molar-refractivity contribution in [2.24, 2.45) is 0 Å². The first-order valence-corrected chi connectivity index (χ1v) is 9.87. The van der Waals surface area contributed by atoms with Crippen LogP contribution in [0.2, 0.25) is 0 Å². The molecule has 0 spiro atoms. The lowest BCUT2D eigenvalue weighted by Crippen LogP contribution is -2.08. The first-order chi connectivity index (χ1) is 12.8. The second kappa shape index (κ2) is 9.39. The van der Waals surface area contributed by atoms with Crippen molar-refractivity contribution in [2.45, 2.75) is 38.6 Å². The van der Waals surface area contributed by atoms with Crippen LogP contribution in [0.3, 0.4) is 0 Å². The van der Waals surface area contributed by atoms with Crippen molar-refractivity contribution >= 4 is 18.9 Å². The van der Waals surface area contributed by atoms with E-state index < -0.39 is 7.82 Å². The minimum Gasteiger partial charge on any atom is -0.346 e. The van der Waals surface area contributed by atoms with Crippen molar-refractivity contribution in [1.29, 1.82) is 5.26 Å². The largest absolute Gasteiger partial charge is 0.466 e. The number of nitrogens with zero attached hydrogens (tertiary/aromatic N) is 5. The number of hydrogen-bond donors (Lipinski definition) is 4. The number of nitriles is 1. The van der Waals surface area contributed by atoms with E-state index in [4.69, 9.17) is 24.5 Å². The highest BCUT2D eigenvalue weighted by molar-refractivity contribution is 7.45. The average molecular weight is 392 g/mol. The molecular formula is C16H21N6O4P. The molecule has 0 aliphatic carbocycles. The van der Waals surface area contributed by atoms with Crippen LogP contribution < -0.4 is 0 Å². The molecule has 3 aromatic heterocycles. The van der Waals surface area contributed by atoms with Crippen molar-refractivity contribution in [3.05, 3.63) is 31.0 Å². The number of rotatable bonds is 6. The van der Waals surface area contributed by atoms with Gasteiger partial charge in [0.05, 0.1) is 30.4 Å². The maximum atomic E-state index is 9.02. The molecule has 0 amide bonds. The van der Waals surface area contributed by atoms with Crippen LogP contribution in [-0.2, 0) is 4.57 Å². The number of aromatic nitrogens is 5. The summed E-state index contributed by atoms with van der Waals surface area (Å²) in [4.78, 5) is 33.2. The lowest BCUT2D eigenvalue weighted by molar-refractivity contribution is 0.275. The third kappa shape index (κ3) is 6.27. The second-order valence-corrected chi connectivity index (χ2v) is 6.87. The van der Waals surface area contributed by atoms with Gasteiger partial charge in [-0.25, -0.2) is 14.5 Å². The Morgan fingerprint density at radius 3 is 2.78 bits per heavy atom. The van der Waals surface area contributed by atoms with Crippen LogP contribution in [0.4, 0.5) is 0 Å². The highest BCUT2D eigenvalue weighted by atomic mass is 31.2. The molecule has 3 heterocycles. The normalized spacial score (nSPS) is 12.3. The number of phosphoric acid groups is 1. The van der Waals surface area contributed by atoms with Gasteiger partial charge in [-0.3, -0.25) is 4.68 Å². The van der Waals surface area contributed by atoms with Crippen molar-refractivity contribution < 1.29 is 19.2 Å². The molecule has 11 heteroatoms. The first-order valence-electron chi connectivity index (χ1n) is 8.31. The summed E-state index contributed by atoms with van der Waals surface area (Å²) in [6, 6.07) is 4.35. The third-order valence-corrected chi connectivity index (χ3v) is 3.82. The maximum Gasteiger partial charge on any atom is 0.466 e. The van der Waals surface area contributed by atoms with Gasteiger partial charge in [-0.15, -0.1) is 0 Å². The molecule has 3 aromatic rings. The van der Waals surface area contributed by atoms with E-state index >= 15 is 0 Å². The highest BCUT2D eigenvalue weighted by Crippen LogP contribution is 2.27. The fourth-order valence-corrected chi connectivity index (χ4v) is 2.64. The van der Waals surface area contributed by atoms with Gasteiger partial charge in [-0.2, -0.15) is 10.4 Å². The smallest absolute Gasteiger partial charge is 0.346 e. The van der Waals surface area contributed by atoms with Crippen molar-refractivity contribution in [3.8, 4) is 17.3 Å². The van der Waals surface area contributed by atoms with E-state index in [1.54, 1.807) is 6.33 Å². The molecule has 1 atom stereocenters. The van der Waals surface area contributed by atoms with Gasteiger partial charge in [-0.1, -0.05) is 19.8 Å². The zero-order valence-electron chi connectivity index (χ0n) is 14.7. The maximum absolute atomic E-state index is 9.02. The standard InChI is InChI=1S/C16H18N6.H3O4P/c1-2-3-4-13(5-7-17)22-10-12(9-21-22)15-14-6-8-18-16(14)20-11-19-15;1-5(2,3)4/h6,8-11,13H,2-5H2,1H3,(H,18,19,20);(H3,1,2,3,4)/t13-;/m0./s1. The van der Waals surface area contributed by atoms with Crippen LogP contribution in [0.5, 0.6) is 0 Å². The third-order valence-electron chi connectivity index (χ3n) is 3.82. The molecule has 0 aromatic carbocycles. The number of aromatic amines is 1. The molecule has 10 nitrogen and oxygen atoms in total. The lowest BCUT2D eigenvalue weighted by Gasteiger charge is -2.13. The van der Waals surface area contributed by atoms with Crippen LogP contribution in [0.1, 0.15) is 38.6 Å². The minimum atomic E-state index is -4.64. The average Bonchev–Trinajstić information content (AvgIpc) is 3.25. The van der Waals surface area contributed by atoms with Crippen molar-refractivity contribution in [2.75, 3.05) is 0 Å². The number of H-pyrrole nitrogens is 1. The Bertz CT molecular complexity index is 949. The predicted molar refractivity (Wildman–Crippen MR) is 98.2 cm³/mol. The van der Waals surface area contributed by atoms with Crippen LogP contribution in [-0.4, -0.2) is 39.4 Å². The molecule has 27 heavy (non-hydrogen) atoms. The fourth-order valence-electron chi connectivity index (χ4n) is 2.64. The number of nitrogens with one attached hydrogen (secondary N) is 1. The second-order valence-electron chi connectivity index (χ2n) is 5.84. The first kappa shape index (κ1) is 20.7. The van der Waals surface area contributed by atoms with Gasteiger partial charge in [0.25, 0.3) is 0 Å². The summed E-state index contributed by atoms with van der Waals surface area (Å²) < 4.78 is 10.8. The van der Waals surface area contributed by atoms with E-state index in [0.29, 0.717) is 6.42 Å². The molecule has 0 radical (unpaired) electrons. The number of hydrogen-bond acceptors (Lipinski definition) is 5. The monoisotopic (exact) mass is 392 g/mol. The van der Waals surface area contributed by atoms with Crippen LogP contribution in [0.15, 0.2) is 31.0 Å². The van der Waals surface area contributed by atoms with E-state index in [2.05, 4.69) is 33.0 Å². The summed E-state index contributed by atoms with van der Waals surface area (Å²) in [5.41, 5.74) is 2.63. The van der Waals surface area contributed by atoms with Crippen LogP contribution in [0.25, 0.3) is 22.3 Å². The Morgan fingerprint density at radius 2 is 2.11 bits per heavy atom. The van der Waals surface area contributed by atoms with Gasteiger partial charge >= 0.3 is 7.82 Å². The Kier molecular flexibility index (Phi) is 7.21. The molecule has 0 bridgehead atoms. The van der Waals surface area contributed by atoms with Gasteiger partial charge in [0.1, 0.15) is 12.0 Å². The molecule has 0 aliphatic heterocycles. The van der Waals surface area contributed by atoms with E-state index in [0.717, 1.165) is 41.6 Å². The zero-order valence-corrected chi connectivity index (χ0v) is 15.6. The topological polar surface area (TPSA) is 161 Å².